The minimum atomic E-state index is -0.455. The zero-order valence-corrected chi connectivity index (χ0v) is 14.3. The summed E-state index contributed by atoms with van der Waals surface area (Å²) in [6.45, 7) is 2.07. The van der Waals surface area contributed by atoms with Crippen molar-refractivity contribution in [3.05, 3.63) is 74.6 Å². The highest BCUT2D eigenvalue weighted by atomic mass is 79.9. The van der Waals surface area contributed by atoms with Crippen molar-refractivity contribution < 1.29 is 9.52 Å². The highest BCUT2D eigenvalue weighted by Crippen LogP contribution is 2.28. The highest BCUT2D eigenvalue weighted by Gasteiger charge is 2.16. The second-order valence-electron chi connectivity index (χ2n) is 5.85. The largest absolute Gasteiger partial charge is 0.507 e. The van der Waals surface area contributed by atoms with Gasteiger partial charge in [-0.2, -0.15) is 0 Å². The Morgan fingerprint density at radius 2 is 1.78 bits per heavy atom. The lowest BCUT2D eigenvalue weighted by Gasteiger charge is -2.13. The van der Waals surface area contributed by atoms with Gasteiger partial charge in [0.2, 0.25) is 0 Å². The lowest BCUT2D eigenvalue weighted by molar-refractivity contribution is 0.444. The molecular weight excluding hydrogens is 356 g/mol. The molecule has 0 bridgehead atoms. The van der Waals surface area contributed by atoms with Gasteiger partial charge in [0.1, 0.15) is 11.3 Å². The third kappa shape index (κ3) is 3.48. The molecule has 0 saturated heterocycles. The van der Waals surface area contributed by atoms with Crippen LogP contribution >= 0.6 is 15.9 Å². The average molecular weight is 373 g/mol. The number of para-hydroxylation sites is 1. The van der Waals surface area contributed by atoms with Gasteiger partial charge in [0.25, 0.3) is 0 Å². The van der Waals surface area contributed by atoms with Crippen molar-refractivity contribution in [2.75, 3.05) is 0 Å². The van der Waals surface area contributed by atoms with Crippen molar-refractivity contribution in [3.8, 4) is 5.75 Å². The molecule has 0 radical (unpaired) electrons. The second-order valence-corrected chi connectivity index (χ2v) is 6.77. The van der Waals surface area contributed by atoms with Crippen LogP contribution in [0.2, 0.25) is 0 Å². The summed E-state index contributed by atoms with van der Waals surface area (Å²) in [6, 6.07) is 15.2. The maximum atomic E-state index is 12.2. The first-order valence-corrected chi connectivity index (χ1v) is 8.32. The number of benzene rings is 2. The maximum absolute atomic E-state index is 12.2. The number of hydrogen-bond donors (Lipinski definition) is 1. The summed E-state index contributed by atoms with van der Waals surface area (Å²) in [6.07, 6.45) is 1.31. The molecule has 23 heavy (non-hydrogen) atoms. The van der Waals surface area contributed by atoms with Crippen molar-refractivity contribution in [1.82, 2.24) is 0 Å². The molecule has 1 heterocycles. The van der Waals surface area contributed by atoms with Crippen molar-refractivity contribution in [2.24, 2.45) is 5.92 Å². The molecule has 2 aromatic carbocycles. The molecule has 3 nitrogen and oxygen atoms in total. The van der Waals surface area contributed by atoms with Crippen LogP contribution in [0.4, 0.5) is 0 Å². The molecule has 3 aromatic rings. The van der Waals surface area contributed by atoms with Crippen LogP contribution in [0.5, 0.6) is 5.75 Å². The minimum absolute atomic E-state index is 0.0412. The SMILES string of the molecule is CC(Cc1ccc(Br)cc1)Cc1c(O)c2ccccc2oc1=O. The molecule has 1 aromatic heterocycles. The quantitative estimate of drug-likeness (QED) is 0.676. The van der Waals surface area contributed by atoms with Crippen LogP contribution in [0.3, 0.4) is 0 Å². The summed E-state index contributed by atoms with van der Waals surface area (Å²) in [5, 5.41) is 11.0. The van der Waals surface area contributed by atoms with E-state index in [0.29, 0.717) is 23.0 Å². The molecule has 1 unspecified atom stereocenters. The van der Waals surface area contributed by atoms with Gasteiger partial charge in [0, 0.05) is 4.47 Å². The van der Waals surface area contributed by atoms with E-state index >= 15 is 0 Å². The van der Waals surface area contributed by atoms with Crippen molar-refractivity contribution in [2.45, 2.75) is 19.8 Å². The fraction of sp³-hybridized carbons (Fsp3) is 0.211. The summed E-state index contributed by atoms with van der Waals surface area (Å²) in [7, 11) is 0. The number of hydrogen-bond acceptors (Lipinski definition) is 3. The number of fused-ring (bicyclic) bond motifs is 1. The Balaban J connectivity index is 1.86. The Morgan fingerprint density at radius 3 is 2.52 bits per heavy atom. The predicted octanol–water partition coefficient (Wildman–Crippen LogP) is 4.68. The normalized spacial score (nSPS) is 12.4. The van der Waals surface area contributed by atoms with Gasteiger partial charge < -0.3 is 9.52 Å². The molecule has 0 aliphatic heterocycles. The average Bonchev–Trinajstić information content (AvgIpc) is 2.54. The van der Waals surface area contributed by atoms with E-state index in [-0.39, 0.29) is 11.7 Å². The summed E-state index contributed by atoms with van der Waals surface area (Å²) < 4.78 is 6.36. The zero-order chi connectivity index (χ0) is 16.4. The standard InChI is InChI=1S/C19H17BrO3/c1-12(10-13-6-8-14(20)9-7-13)11-16-18(21)15-4-2-3-5-17(15)23-19(16)22/h2-9,12,21H,10-11H2,1H3. The molecule has 1 N–H and O–H groups in total. The summed E-state index contributed by atoms with van der Waals surface area (Å²) in [5.41, 5.74) is 1.52. The monoisotopic (exact) mass is 372 g/mol. The Kier molecular flexibility index (Phi) is 4.53. The fourth-order valence-electron chi connectivity index (χ4n) is 2.80. The van der Waals surface area contributed by atoms with E-state index < -0.39 is 5.63 Å². The molecule has 0 aliphatic carbocycles. The van der Waals surface area contributed by atoms with Gasteiger partial charge in [0.15, 0.2) is 0 Å². The maximum Gasteiger partial charge on any atom is 0.343 e. The Morgan fingerprint density at radius 1 is 1.09 bits per heavy atom. The molecule has 4 heteroatoms. The summed E-state index contributed by atoms with van der Waals surface area (Å²) >= 11 is 3.42. The van der Waals surface area contributed by atoms with Gasteiger partial charge in [-0.15, -0.1) is 0 Å². The lowest BCUT2D eigenvalue weighted by atomic mass is 9.94. The van der Waals surface area contributed by atoms with E-state index in [0.717, 1.165) is 10.9 Å². The first-order chi connectivity index (χ1) is 11.0. The van der Waals surface area contributed by atoms with Gasteiger partial charge in [-0.25, -0.2) is 4.79 Å². The fourth-order valence-corrected chi connectivity index (χ4v) is 3.06. The number of halogens is 1. The molecule has 0 saturated carbocycles. The Labute approximate surface area is 142 Å². The van der Waals surface area contributed by atoms with Crippen molar-refractivity contribution >= 4 is 26.9 Å². The molecule has 0 spiro atoms. The van der Waals surface area contributed by atoms with E-state index in [1.165, 1.54) is 5.56 Å². The minimum Gasteiger partial charge on any atom is -0.507 e. The smallest absolute Gasteiger partial charge is 0.343 e. The van der Waals surface area contributed by atoms with Crippen molar-refractivity contribution in [1.29, 1.82) is 0 Å². The van der Waals surface area contributed by atoms with Gasteiger partial charge in [0.05, 0.1) is 10.9 Å². The second kappa shape index (κ2) is 6.59. The van der Waals surface area contributed by atoms with Crippen molar-refractivity contribution in [3.63, 3.8) is 0 Å². The van der Waals surface area contributed by atoms with Crippen LogP contribution in [-0.4, -0.2) is 5.11 Å². The molecule has 118 valence electrons. The van der Waals surface area contributed by atoms with Crippen LogP contribution in [-0.2, 0) is 12.8 Å². The van der Waals surface area contributed by atoms with Gasteiger partial charge >= 0.3 is 5.63 Å². The van der Waals surface area contributed by atoms with Crippen LogP contribution < -0.4 is 5.63 Å². The molecule has 0 amide bonds. The third-order valence-corrected chi connectivity index (χ3v) is 4.46. The van der Waals surface area contributed by atoms with E-state index in [4.69, 9.17) is 4.42 Å². The van der Waals surface area contributed by atoms with E-state index in [9.17, 15) is 9.90 Å². The van der Waals surface area contributed by atoms with Crippen LogP contribution in [0, 0.1) is 5.92 Å². The Hall–Kier alpha value is -2.07. The van der Waals surface area contributed by atoms with Crippen LogP contribution in [0.25, 0.3) is 11.0 Å². The van der Waals surface area contributed by atoms with Gasteiger partial charge in [-0.05, 0) is 48.6 Å². The predicted molar refractivity (Wildman–Crippen MR) is 94.9 cm³/mol. The van der Waals surface area contributed by atoms with E-state index in [1.54, 1.807) is 18.2 Å². The molecular formula is C19H17BrO3. The topological polar surface area (TPSA) is 50.4 Å². The van der Waals surface area contributed by atoms with Gasteiger partial charge in [-0.1, -0.05) is 47.1 Å². The highest BCUT2D eigenvalue weighted by molar-refractivity contribution is 9.10. The third-order valence-electron chi connectivity index (χ3n) is 3.93. The summed E-state index contributed by atoms with van der Waals surface area (Å²) in [4.78, 5) is 12.2. The van der Waals surface area contributed by atoms with E-state index in [2.05, 4.69) is 35.0 Å². The van der Waals surface area contributed by atoms with Gasteiger partial charge in [-0.3, -0.25) is 0 Å². The molecule has 3 rings (SSSR count). The summed E-state index contributed by atoms with van der Waals surface area (Å²) in [5.74, 6) is 0.255. The lowest BCUT2D eigenvalue weighted by Crippen LogP contribution is -2.13. The zero-order valence-electron chi connectivity index (χ0n) is 12.8. The van der Waals surface area contributed by atoms with E-state index in [1.807, 2.05) is 18.2 Å². The Bertz CT molecular complexity index is 881. The molecule has 1 atom stereocenters. The first kappa shape index (κ1) is 15.8. The van der Waals surface area contributed by atoms with Crippen LogP contribution in [0.15, 0.2) is 62.2 Å². The number of aromatic hydroxyl groups is 1. The number of rotatable bonds is 4. The molecule has 0 aliphatic rings. The van der Waals surface area contributed by atoms with Crippen LogP contribution in [0.1, 0.15) is 18.1 Å². The molecule has 0 fully saturated rings. The first-order valence-electron chi connectivity index (χ1n) is 7.52.